The van der Waals surface area contributed by atoms with Crippen LogP contribution >= 0.6 is 0 Å². The highest BCUT2D eigenvalue weighted by atomic mass is 32.2. The summed E-state index contributed by atoms with van der Waals surface area (Å²) < 4.78 is 47.8. The third kappa shape index (κ3) is 5.03. The molecule has 2 aromatic rings. The third-order valence-electron chi connectivity index (χ3n) is 5.11. The number of amides is 1. The van der Waals surface area contributed by atoms with Crippen molar-refractivity contribution in [3.63, 3.8) is 0 Å². The molecule has 158 valence electrons. The molecule has 1 aromatic heterocycles. The number of sulfonamides is 1. The second kappa shape index (κ2) is 7.88. The fraction of sp³-hybridized carbons (Fsp3) is 0.444. The van der Waals surface area contributed by atoms with Crippen molar-refractivity contribution in [2.24, 2.45) is 5.14 Å². The molecule has 1 aliphatic rings. The van der Waals surface area contributed by atoms with E-state index in [-0.39, 0.29) is 41.3 Å². The summed E-state index contributed by atoms with van der Waals surface area (Å²) in [5, 5.41) is 12.3. The number of hydrogen-bond acceptors (Lipinski definition) is 6. The zero-order valence-corrected chi connectivity index (χ0v) is 17.9. The first-order valence-electron chi connectivity index (χ1n) is 9.10. The lowest BCUT2D eigenvalue weighted by molar-refractivity contribution is -0.120. The monoisotopic (exact) mass is 440 g/mol. The summed E-state index contributed by atoms with van der Waals surface area (Å²) in [6.07, 6.45) is 0.664. The summed E-state index contributed by atoms with van der Waals surface area (Å²) in [6, 6.07) is 5.78. The van der Waals surface area contributed by atoms with E-state index < -0.39 is 19.9 Å². The van der Waals surface area contributed by atoms with Crippen molar-refractivity contribution in [3.8, 4) is 0 Å². The van der Waals surface area contributed by atoms with Crippen LogP contribution in [0.3, 0.4) is 0 Å². The van der Waals surface area contributed by atoms with Gasteiger partial charge in [0.1, 0.15) is 0 Å². The molecule has 2 heterocycles. The Morgan fingerprint density at radius 2 is 1.93 bits per heavy atom. The van der Waals surface area contributed by atoms with Crippen molar-refractivity contribution >= 4 is 25.8 Å². The van der Waals surface area contributed by atoms with Crippen molar-refractivity contribution in [2.75, 3.05) is 11.5 Å². The predicted octanol–water partition coefficient (Wildman–Crippen LogP) is 0.366. The van der Waals surface area contributed by atoms with Crippen molar-refractivity contribution in [1.82, 2.24) is 15.1 Å². The number of rotatable bonds is 6. The maximum absolute atomic E-state index is 12.4. The molecule has 3 rings (SSSR count). The average molecular weight is 441 g/mol. The van der Waals surface area contributed by atoms with Crippen LogP contribution in [0.15, 0.2) is 29.2 Å². The fourth-order valence-electron chi connectivity index (χ4n) is 3.50. The van der Waals surface area contributed by atoms with Gasteiger partial charge in [-0.3, -0.25) is 9.48 Å². The number of nitrogens with two attached hydrogens (primary N) is 1. The van der Waals surface area contributed by atoms with E-state index in [9.17, 15) is 21.6 Å². The van der Waals surface area contributed by atoms with Gasteiger partial charge < -0.3 is 5.32 Å². The second-order valence-electron chi connectivity index (χ2n) is 7.29. The first kappa shape index (κ1) is 21.5. The maximum atomic E-state index is 12.4. The summed E-state index contributed by atoms with van der Waals surface area (Å²) in [4.78, 5) is 12.4. The lowest BCUT2D eigenvalue weighted by atomic mass is 10.1. The molecule has 1 saturated heterocycles. The lowest BCUT2D eigenvalue weighted by Gasteiger charge is -2.11. The summed E-state index contributed by atoms with van der Waals surface area (Å²) in [6.45, 7) is 3.90. The van der Waals surface area contributed by atoms with Gasteiger partial charge in [0.25, 0.3) is 0 Å². The molecule has 0 aliphatic carbocycles. The molecule has 29 heavy (non-hydrogen) atoms. The highest BCUT2D eigenvalue weighted by Crippen LogP contribution is 2.27. The van der Waals surface area contributed by atoms with E-state index in [4.69, 9.17) is 5.14 Å². The van der Waals surface area contributed by atoms with Crippen LogP contribution in [0.2, 0.25) is 0 Å². The zero-order valence-electron chi connectivity index (χ0n) is 16.3. The lowest BCUT2D eigenvalue weighted by Crippen LogP contribution is -2.25. The number of primary sulfonamides is 1. The molecule has 9 nitrogen and oxygen atoms in total. The van der Waals surface area contributed by atoms with Crippen LogP contribution in [0, 0.1) is 13.8 Å². The van der Waals surface area contributed by atoms with E-state index in [0.29, 0.717) is 12.1 Å². The van der Waals surface area contributed by atoms with E-state index in [1.54, 1.807) is 16.8 Å². The molecule has 0 spiro atoms. The first-order valence-corrected chi connectivity index (χ1v) is 12.5. The number of hydrogen-bond donors (Lipinski definition) is 2. The van der Waals surface area contributed by atoms with Gasteiger partial charge in [0.05, 0.1) is 34.6 Å². The van der Waals surface area contributed by atoms with Crippen molar-refractivity contribution in [1.29, 1.82) is 0 Å². The van der Waals surface area contributed by atoms with Gasteiger partial charge in [-0.2, -0.15) is 5.10 Å². The molecule has 1 aliphatic heterocycles. The largest absolute Gasteiger partial charge is 0.352 e. The molecule has 1 amide bonds. The summed E-state index contributed by atoms with van der Waals surface area (Å²) in [5.74, 6) is 0.0379. The SMILES string of the molecule is Cc1nn([C@@H]2CCS(=O)(=O)C2)c(C)c1CC(=O)NCc1ccc(S(N)(=O)=O)cc1. The van der Waals surface area contributed by atoms with Crippen molar-refractivity contribution < 1.29 is 21.6 Å². The molecule has 0 saturated carbocycles. The van der Waals surface area contributed by atoms with Crippen LogP contribution in [-0.4, -0.2) is 44.0 Å². The van der Waals surface area contributed by atoms with Crippen molar-refractivity contribution in [3.05, 3.63) is 46.8 Å². The highest BCUT2D eigenvalue weighted by Gasteiger charge is 2.31. The van der Waals surface area contributed by atoms with Gasteiger partial charge in [-0.25, -0.2) is 22.0 Å². The zero-order chi connectivity index (χ0) is 21.4. The number of aryl methyl sites for hydroxylation is 1. The van der Waals surface area contributed by atoms with Gasteiger partial charge in [0.2, 0.25) is 15.9 Å². The molecule has 1 aromatic carbocycles. The van der Waals surface area contributed by atoms with E-state index in [1.807, 2.05) is 13.8 Å². The molecule has 1 fully saturated rings. The standard InChI is InChI=1S/C18H24N4O5S2/c1-12-17(13(2)22(21-12)15-7-8-28(24,25)11-15)9-18(23)20-10-14-3-5-16(6-4-14)29(19,26)27/h3-6,15H,7-11H2,1-2H3,(H,20,23)(H2,19,26,27)/t15-/m1/s1. The van der Waals surface area contributed by atoms with Gasteiger partial charge in [-0.1, -0.05) is 12.1 Å². The van der Waals surface area contributed by atoms with Crippen LogP contribution in [0.1, 0.15) is 35.0 Å². The van der Waals surface area contributed by atoms with Gasteiger partial charge in [-0.05, 0) is 38.0 Å². The number of carbonyl (C=O) groups excluding carboxylic acids is 1. The van der Waals surface area contributed by atoms with E-state index in [1.165, 1.54) is 12.1 Å². The Kier molecular flexibility index (Phi) is 5.84. The maximum Gasteiger partial charge on any atom is 0.238 e. The quantitative estimate of drug-likeness (QED) is 0.665. The number of aromatic nitrogens is 2. The number of carbonyl (C=O) groups is 1. The minimum absolute atomic E-state index is 0.0140. The number of sulfone groups is 1. The molecule has 0 bridgehead atoms. The Bertz CT molecular complexity index is 1140. The van der Waals surface area contributed by atoms with Crippen LogP contribution in [0.4, 0.5) is 0 Å². The predicted molar refractivity (Wildman–Crippen MR) is 107 cm³/mol. The van der Waals surface area contributed by atoms with E-state index in [2.05, 4.69) is 10.4 Å². The third-order valence-corrected chi connectivity index (χ3v) is 7.79. The normalized spacial score (nSPS) is 18.7. The Morgan fingerprint density at radius 1 is 1.28 bits per heavy atom. The van der Waals surface area contributed by atoms with Crippen molar-refractivity contribution in [2.45, 2.75) is 44.2 Å². The van der Waals surface area contributed by atoms with Crippen LogP contribution in [0.5, 0.6) is 0 Å². The van der Waals surface area contributed by atoms with Crippen LogP contribution in [-0.2, 0) is 37.6 Å². The van der Waals surface area contributed by atoms with Gasteiger partial charge in [-0.15, -0.1) is 0 Å². The van der Waals surface area contributed by atoms with Gasteiger partial charge in [0, 0.05) is 17.8 Å². The molecular weight excluding hydrogens is 416 g/mol. The minimum Gasteiger partial charge on any atom is -0.352 e. The fourth-order valence-corrected chi connectivity index (χ4v) is 5.70. The Balaban J connectivity index is 1.64. The molecule has 0 unspecified atom stereocenters. The van der Waals surface area contributed by atoms with Crippen LogP contribution < -0.4 is 10.5 Å². The number of nitrogens with one attached hydrogen (secondary N) is 1. The molecule has 0 radical (unpaired) electrons. The second-order valence-corrected chi connectivity index (χ2v) is 11.1. The summed E-state index contributed by atoms with van der Waals surface area (Å²) >= 11 is 0. The van der Waals surface area contributed by atoms with E-state index >= 15 is 0 Å². The van der Waals surface area contributed by atoms with Crippen LogP contribution in [0.25, 0.3) is 0 Å². The Morgan fingerprint density at radius 3 is 2.48 bits per heavy atom. The molecule has 3 N–H and O–H groups in total. The smallest absolute Gasteiger partial charge is 0.238 e. The number of benzene rings is 1. The van der Waals surface area contributed by atoms with Gasteiger partial charge in [0.15, 0.2) is 9.84 Å². The minimum atomic E-state index is -3.75. The molecule has 11 heteroatoms. The molecular formula is C18H24N4O5S2. The average Bonchev–Trinajstić information content (AvgIpc) is 3.13. The Hall–Kier alpha value is -2.24. The summed E-state index contributed by atoms with van der Waals surface area (Å²) in [7, 11) is -6.77. The van der Waals surface area contributed by atoms with E-state index in [0.717, 1.165) is 16.8 Å². The molecule has 1 atom stereocenters. The highest BCUT2D eigenvalue weighted by molar-refractivity contribution is 7.91. The Labute approximate surface area is 170 Å². The topological polar surface area (TPSA) is 141 Å². The number of nitrogens with zero attached hydrogens (tertiary/aromatic N) is 2. The summed E-state index contributed by atoms with van der Waals surface area (Å²) in [5.41, 5.74) is 3.04. The van der Waals surface area contributed by atoms with Gasteiger partial charge >= 0.3 is 0 Å². The first-order chi connectivity index (χ1) is 13.5.